The second kappa shape index (κ2) is 7.50. The maximum atomic E-state index is 12.2. The summed E-state index contributed by atoms with van der Waals surface area (Å²) in [7, 11) is 0. The summed E-state index contributed by atoms with van der Waals surface area (Å²) in [6.45, 7) is 9.08. The van der Waals surface area contributed by atoms with E-state index in [-0.39, 0.29) is 18.0 Å². The van der Waals surface area contributed by atoms with Crippen molar-refractivity contribution in [2.75, 3.05) is 13.1 Å². The zero-order valence-electron chi connectivity index (χ0n) is 16.6. The number of aliphatic hydroxyl groups is 1. The highest BCUT2D eigenvalue weighted by atomic mass is 16.6. The van der Waals surface area contributed by atoms with E-state index in [9.17, 15) is 14.7 Å². The number of rotatable bonds is 3. The van der Waals surface area contributed by atoms with Gasteiger partial charge in [0.15, 0.2) is 0 Å². The molecule has 0 bridgehead atoms. The molecule has 1 fully saturated rings. The molecule has 2 aliphatic heterocycles. The van der Waals surface area contributed by atoms with Crippen molar-refractivity contribution in [2.24, 2.45) is 5.92 Å². The highest BCUT2D eigenvalue weighted by Crippen LogP contribution is 2.29. The molecule has 0 saturated carbocycles. The lowest BCUT2D eigenvalue weighted by molar-refractivity contribution is 0.00798. The summed E-state index contributed by atoms with van der Waals surface area (Å²) in [6.07, 6.45) is 1.30. The van der Waals surface area contributed by atoms with Crippen molar-refractivity contribution < 1.29 is 24.2 Å². The van der Waals surface area contributed by atoms with Gasteiger partial charge in [-0.05, 0) is 70.1 Å². The van der Waals surface area contributed by atoms with Crippen LogP contribution in [0.25, 0.3) is 0 Å². The van der Waals surface area contributed by atoms with E-state index >= 15 is 0 Å². The average molecular weight is 375 g/mol. The second-order valence-corrected chi connectivity index (χ2v) is 8.53. The molecule has 0 spiro atoms. The first-order valence-corrected chi connectivity index (χ1v) is 9.60. The van der Waals surface area contributed by atoms with Gasteiger partial charge >= 0.3 is 12.1 Å². The Balaban J connectivity index is 1.57. The van der Waals surface area contributed by atoms with Gasteiger partial charge in [0.2, 0.25) is 0 Å². The molecule has 2 heterocycles. The highest BCUT2D eigenvalue weighted by molar-refractivity contribution is 5.93. The van der Waals surface area contributed by atoms with Crippen LogP contribution in [0.5, 0.6) is 0 Å². The predicted molar refractivity (Wildman–Crippen MR) is 101 cm³/mol. The number of esters is 1. The first-order valence-electron chi connectivity index (χ1n) is 9.60. The van der Waals surface area contributed by atoms with E-state index < -0.39 is 11.7 Å². The number of aliphatic hydroxyl groups excluding tert-OH is 1. The number of cyclic esters (lactones) is 1. The number of likely N-dealkylation sites (tertiary alicyclic amines) is 1. The molecule has 1 aromatic rings. The van der Waals surface area contributed by atoms with Crippen molar-refractivity contribution in [1.82, 2.24) is 4.90 Å². The molecule has 0 aliphatic carbocycles. The molecule has 148 valence electrons. The fraction of sp³-hybridized carbons (Fsp3) is 0.619. The molecule has 6 nitrogen and oxygen atoms in total. The Labute approximate surface area is 160 Å². The van der Waals surface area contributed by atoms with Gasteiger partial charge in [-0.1, -0.05) is 6.07 Å². The summed E-state index contributed by atoms with van der Waals surface area (Å²) in [6, 6.07) is 3.71. The lowest BCUT2D eigenvalue weighted by atomic mass is 9.86. The van der Waals surface area contributed by atoms with Gasteiger partial charge in [0, 0.05) is 18.7 Å². The van der Waals surface area contributed by atoms with Crippen LogP contribution in [0.15, 0.2) is 12.1 Å². The van der Waals surface area contributed by atoms with Crippen LogP contribution in [-0.2, 0) is 22.5 Å². The number of benzene rings is 1. The van der Waals surface area contributed by atoms with Crippen molar-refractivity contribution in [3.8, 4) is 0 Å². The molecule has 1 saturated heterocycles. The minimum absolute atomic E-state index is 0.147. The van der Waals surface area contributed by atoms with Gasteiger partial charge in [-0.3, -0.25) is 0 Å². The number of hydrogen-bond donors (Lipinski definition) is 1. The Kier molecular flexibility index (Phi) is 5.47. The number of fused-ring (bicyclic) bond motifs is 1. The van der Waals surface area contributed by atoms with Crippen LogP contribution in [0.4, 0.5) is 4.79 Å². The monoisotopic (exact) mass is 375 g/mol. The Morgan fingerprint density at radius 3 is 2.63 bits per heavy atom. The Morgan fingerprint density at radius 1 is 1.33 bits per heavy atom. The largest absolute Gasteiger partial charge is 0.457 e. The van der Waals surface area contributed by atoms with E-state index in [0.29, 0.717) is 31.7 Å². The third kappa shape index (κ3) is 4.43. The molecule has 0 aromatic heterocycles. The zero-order valence-corrected chi connectivity index (χ0v) is 16.6. The summed E-state index contributed by atoms with van der Waals surface area (Å²) in [5, 5.41) is 10.7. The number of nitrogens with zero attached hydrogens (tertiary/aromatic N) is 1. The van der Waals surface area contributed by atoms with E-state index in [1.54, 1.807) is 11.0 Å². The topological polar surface area (TPSA) is 76.1 Å². The van der Waals surface area contributed by atoms with Crippen molar-refractivity contribution >= 4 is 12.1 Å². The van der Waals surface area contributed by atoms with Gasteiger partial charge in [0.25, 0.3) is 0 Å². The van der Waals surface area contributed by atoms with Crippen LogP contribution in [0.2, 0.25) is 0 Å². The number of piperidine rings is 1. The Morgan fingerprint density at radius 2 is 2.00 bits per heavy atom. The molecule has 1 aromatic carbocycles. The number of ether oxygens (including phenoxy) is 2. The molecule has 1 unspecified atom stereocenters. The molecule has 3 rings (SSSR count). The van der Waals surface area contributed by atoms with E-state index in [0.717, 1.165) is 29.5 Å². The van der Waals surface area contributed by atoms with Crippen LogP contribution in [0.3, 0.4) is 0 Å². The third-order valence-corrected chi connectivity index (χ3v) is 5.44. The minimum atomic E-state index is -0.496. The van der Waals surface area contributed by atoms with Crippen LogP contribution in [-0.4, -0.2) is 46.9 Å². The maximum Gasteiger partial charge on any atom is 0.410 e. The fourth-order valence-electron chi connectivity index (χ4n) is 3.80. The third-order valence-electron chi connectivity index (χ3n) is 5.44. The molecule has 0 radical (unpaired) electrons. The number of carbonyl (C=O) groups excluding carboxylic acids is 2. The van der Waals surface area contributed by atoms with Crippen LogP contribution >= 0.6 is 0 Å². The first kappa shape index (κ1) is 19.7. The van der Waals surface area contributed by atoms with Gasteiger partial charge in [0.05, 0.1) is 11.7 Å². The molecule has 2 aliphatic rings. The quantitative estimate of drug-likeness (QED) is 0.821. The molecule has 27 heavy (non-hydrogen) atoms. The molecule has 1 atom stereocenters. The molecule has 1 N–H and O–H groups in total. The first-order chi connectivity index (χ1) is 12.7. The van der Waals surface area contributed by atoms with Crippen molar-refractivity contribution in [3.05, 3.63) is 34.4 Å². The van der Waals surface area contributed by atoms with E-state index in [1.165, 1.54) is 0 Å². The van der Waals surface area contributed by atoms with Gasteiger partial charge < -0.3 is 19.5 Å². The standard InChI is InChI=1S/C21H29NO5/c1-13-15(5-6-16-17(13)12-26-19(16)24)11-18(23)14-7-9-22(10-8-14)20(25)27-21(2,3)4/h5-6,14,18,23H,7-12H2,1-4H3. The van der Waals surface area contributed by atoms with Gasteiger partial charge in [-0.15, -0.1) is 0 Å². The average Bonchev–Trinajstić information content (AvgIpc) is 2.98. The number of carbonyl (C=O) groups is 2. The summed E-state index contributed by atoms with van der Waals surface area (Å²) >= 11 is 0. The van der Waals surface area contributed by atoms with Gasteiger partial charge in [-0.25, -0.2) is 9.59 Å². The van der Waals surface area contributed by atoms with Crippen LogP contribution in [0, 0.1) is 12.8 Å². The highest BCUT2D eigenvalue weighted by Gasteiger charge is 2.31. The van der Waals surface area contributed by atoms with E-state index in [2.05, 4.69) is 0 Å². The van der Waals surface area contributed by atoms with Crippen LogP contribution in [0.1, 0.15) is 60.7 Å². The number of hydrogen-bond acceptors (Lipinski definition) is 5. The lowest BCUT2D eigenvalue weighted by Crippen LogP contribution is -2.44. The Hall–Kier alpha value is -2.08. The Bertz CT molecular complexity index is 729. The summed E-state index contributed by atoms with van der Waals surface area (Å²) in [4.78, 5) is 25.5. The minimum Gasteiger partial charge on any atom is -0.457 e. The summed E-state index contributed by atoms with van der Waals surface area (Å²) in [5.74, 6) is -0.121. The molecular weight excluding hydrogens is 346 g/mol. The zero-order chi connectivity index (χ0) is 19.8. The lowest BCUT2D eigenvalue weighted by Gasteiger charge is -2.35. The van der Waals surface area contributed by atoms with Gasteiger partial charge in [-0.2, -0.15) is 0 Å². The van der Waals surface area contributed by atoms with E-state index in [1.807, 2.05) is 33.8 Å². The smallest absolute Gasteiger partial charge is 0.410 e. The fourth-order valence-corrected chi connectivity index (χ4v) is 3.80. The maximum absolute atomic E-state index is 12.2. The SMILES string of the molecule is Cc1c(CC(O)C2CCN(C(=O)OC(C)(C)C)CC2)ccc2c1COC2=O. The predicted octanol–water partition coefficient (Wildman–Crippen LogP) is 3.22. The molecular formula is C21H29NO5. The van der Waals surface area contributed by atoms with Gasteiger partial charge in [0.1, 0.15) is 12.2 Å². The second-order valence-electron chi connectivity index (χ2n) is 8.53. The molecule has 1 amide bonds. The van der Waals surface area contributed by atoms with Crippen molar-refractivity contribution in [1.29, 1.82) is 0 Å². The molecule has 6 heteroatoms. The van der Waals surface area contributed by atoms with Crippen molar-refractivity contribution in [2.45, 2.75) is 65.3 Å². The summed E-state index contributed by atoms with van der Waals surface area (Å²) in [5.41, 5.74) is 3.16. The number of amides is 1. The van der Waals surface area contributed by atoms with Crippen LogP contribution < -0.4 is 0 Å². The summed E-state index contributed by atoms with van der Waals surface area (Å²) < 4.78 is 10.5. The van der Waals surface area contributed by atoms with Crippen molar-refractivity contribution in [3.63, 3.8) is 0 Å². The van der Waals surface area contributed by atoms with E-state index in [4.69, 9.17) is 9.47 Å². The normalized spacial score (nSPS) is 18.9.